The molecule has 0 aromatic carbocycles. The van der Waals surface area contributed by atoms with Crippen molar-refractivity contribution in [2.24, 2.45) is 11.7 Å². The van der Waals surface area contributed by atoms with Crippen LogP contribution in [0.15, 0.2) is 0 Å². The zero-order valence-corrected chi connectivity index (χ0v) is 13.4. The zero-order valence-electron chi connectivity index (χ0n) is 13.4. The summed E-state index contributed by atoms with van der Waals surface area (Å²) in [7, 11) is 0. The first-order chi connectivity index (χ1) is 10.2. The molecule has 21 heavy (non-hydrogen) atoms. The minimum atomic E-state index is 0.310. The predicted octanol–water partition coefficient (Wildman–Crippen LogP) is 1.07. The van der Waals surface area contributed by atoms with Gasteiger partial charge >= 0.3 is 0 Å². The molecule has 2 saturated heterocycles. The second-order valence-electron chi connectivity index (χ2n) is 6.55. The third-order valence-electron chi connectivity index (χ3n) is 4.73. The summed E-state index contributed by atoms with van der Waals surface area (Å²) in [6.07, 6.45) is 5.68. The smallest absolute Gasteiger partial charge is 0.236 e. The van der Waals surface area contributed by atoms with E-state index in [1.165, 1.54) is 0 Å². The Hall–Kier alpha value is -0.650. The van der Waals surface area contributed by atoms with Gasteiger partial charge in [0.25, 0.3) is 0 Å². The van der Waals surface area contributed by atoms with Gasteiger partial charge in [0.1, 0.15) is 0 Å². The third kappa shape index (κ3) is 5.57. The molecule has 0 atom stereocenters. The van der Waals surface area contributed by atoms with Gasteiger partial charge in [0, 0.05) is 32.8 Å². The van der Waals surface area contributed by atoms with Gasteiger partial charge in [-0.1, -0.05) is 6.92 Å². The first-order valence-corrected chi connectivity index (χ1v) is 8.51. The molecule has 5 heteroatoms. The number of piperidine rings is 2. The Balaban J connectivity index is 1.62. The van der Waals surface area contributed by atoms with E-state index in [-0.39, 0.29) is 0 Å². The average Bonchev–Trinajstić information content (AvgIpc) is 2.50. The van der Waals surface area contributed by atoms with Crippen LogP contribution in [0.2, 0.25) is 0 Å². The lowest BCUT2D eigenvalue weighted by molar-refractivity contribution is -0.134. The molecule has 0 bridgehead atoms. The van der Waals surface area contributed by atoms with Gasteiger partial charge in [-0.15, -0.1) is 0 Å². The topological polar surface area (TPSA) is 58.8 Å². The summed E-state index contributed by atoms with van der Waals surface area (Å²) < 4.78 is 5.80. The van der Waals surface area contributed by atoms with E-state index in [2.05, 4.69) is 11.8 Å². The Morgan fingerprint density at radius 1 is 1.14 bits per heavy atom. The number of rotatable bonds is 6. The number of nitrogens with two attached hydrogens (primary N) is 1. The standard InChI is InChI=1S/C16H31N3O2/c1-14-3-10-19(11-4-14)16(20)13-18-8-5-15(6-9-18)21-12-2-7-17/h14-15H,2-13,17H2,1H3. The molecule has 2 aliphatic rings. The van der Waals surface area contributed by atoms with Crippen LogP contribution in [0, 0.1) is 5.92 Å². The molecule has 2 rings (SSSR count). The van der Waals surface area contributed by atoms with Crippen molar-refractivity contribution >= 4 is 5.91 Å². The van der Waals surface area contributed by atoms with Crippen LogP contribution in [-0.2, 0) is 9.53 Å². The lowest BCUT2D eigenvalue weighted by Gasteiger charge is -2.35. The largest absolute Gasteiger partial charge is 0.378 e. The molecular formula is C16H31N3O2. The quantitative estimate of drug-likeness (QED) is 0.745. The van der Waals surface area contributed by atoms with E-state index in [4.69, 9.17) is 10.5 Å². The van der Waals surface area contributed by atoms with Gasteiger partial charge in [0.15, 0.2) is 0 Å². The van der Waals surface area contributed by atoms with Crippen LogP contribution in [0.1, 0.15) is 39.0 Å². The van der Waals surface area contributed by atoms with Crippen LogP contribution < -0.4 is 5.73 Å². The van der Waals surface area contributed by atoms with Gasteiger partial charge in [0.2, 0.25) is 5.91 Å². The Morgan fingerprint density at radius 3 is 2.43 bits per heavy atom. The van der Waals surface area contributed by atoms with Gasteiger partial charge in [-0.3, -0.25) is 9.69 Å². The van der Waals surface area contributed by atoms with E-state index < -0.39 is 0 Å². The van der Waals surface area contributed by atoms with Crippen molar-refractivity contribution in [1.82, 2.24) is 9.80 Å². The van der Waals surface area contributed by atoms with Crippen LogP contribution in [0.25, 0.3) is 0 Å². The highest BCUT2D eigenvalue weighted by Gasteiger charge is 2.25. The molecule has 2 fully saturated rings. The predicted molar refractivity (Wildman–Crippen MR) is 84.1 cm³/mol. The summed E-state index contributed by atoms with van der Waals surface area (Å²) in [6, 6.07) is 0. The summed E-state index contributed by atoms with van der Waals surface area (Å²) in [6.45, 7) is 8.17. The van der Waals surface area contributed by atoms with Gasteiger partial charge < -0.3 is 15.4 Å². The third-order valence-corrected chi connectivity index (χ3v) is 4.73. The molecule has 5 nitrogen and oxygen atoms in total. The molecule has 0 spiro atoms. The second-order valence-corrected chi connectivity index (χ2v) is 6.55. The maximum atomic E-state index is 12.3. The monoisotopic (exact) mass is 297 g/mol. The maximum absolute atomic E-state index is 12.3. The Kier molecular flexibility index (Phi) is 6.93. The van der Waals surface area contributed by atoms with E-state index >= 15 is 0 Å². The molecule has 0 radical (unpaired) electrons. The number of likely N-dealkylation sites (tertiary alicyclic amines) is 2. The molecular weight excluding hydrogens is 266 g/mol. The van der Waals surface area contributed by atoms with Gasteiger partial charge in [-0.05, 0) is 44.6 Å². The highest BCUT2D eigenvalue weighted by Crippen LogP contribution is 2.17. The van der Waals surface area contributed by atoms with Gasteiger partial charge in [-0.25, -0.2) is 0 Å². The summed E-state index contributed by atoms with van der Waals surface area (Å²) >= 11 is 0. The molecule has 0 aromatic rings. The Bertz CT molecular complexity index is 309. The summed E-state index contributed by atoms with van der Waals surface area (Å²) in [4.78, 5) is 16.6. The van der Waals surface area contributed by atoms with Crippen LogP contribution in [0.4, 0.5) is 0 Å². The summed E-state index contributed by atoms with van der Waals surface area (Å²) in [5.74, 6) is 1.08. The number of amides is 1. The van der Waals surface area contributed by atoms with Crippen molar-refractivity contribution in [3.05, 3.63) is 0 Å². The number of carbonyl (C=O) groups excluding carboxylic acids is 1. The first-order valence-electron chi connectivity index (χ1n) is 8.51. The van der Waals surface area contributed by atoms with Crippen LogP contribution >= 0.6 is 0 Å². The van der Waals surface area contributed by atoms with Crippen molar-refractivity contribution in [1.29, 1.82) is 0 Å². The summed E-state index contributed by atoms with van der Waals surface area (Å²) in [5.41, 5.74) is 5.47. The molecule has 2 aliphatic heterocycles. The van der Waals surface area contributed by atoms with Crippen LogP contribution in [0.5, 0.6) is 0 Å². The molecule has 0 saturated carbocycles. The fraction of sp³-hybridized carbons (Fsp3) is 0.938. The van der Waals surface area contributed by atoms with Crippen molar-refractivity contribution in [3.63, 3.8) is 0 Å². The van der Waals surface area contributed by atoms with Crippen molar-refractivity contribution < 1.29 is 9.53 Å². The number of ether oxygens (including phenoxy) is 1. The number of carbonyl (C=O) groups is 1. The fourth-order valence-corrected chi connectivity index (χ4v) is 3.12. The van der Waals surface area contributed by atoms with Gasteiger partial charge in [-0.2, -0.15) is 0 Å². The minimum Gasteiger partial charge on any atom is -0.378 e. The highest BCUT2D eigenvalue weighted by molar-refractivity contribution is 5.78. The number of hydrogen-bond donors (Lipinski definition) is 1. The Morgan fingerprint density at radius 2 is 1.81 bits per heavy atom. The Labute approximate surface area is 128 Å². The minimum absolute atomic E-state index is 0.310. The van der Waals surface area contributed by atoms with E-state index in [0.29, 0.717) is 25.1 Å². The summed E-state index contributed by atoms with van der Waals surface area (Å²) in [5, 5.41) is 0. The normalized spacial score (nSPS) is 22.7. The molecule has 0 aliphatic carbocycles. The van der Waals surface area contributed by atoms with E-state index in [0.717, 1.165) is 70.8 Å². The number of nitrogens with zero attached hydrogens (tertiary/aromatic N) is 2. The molecule has 0 unspecified atom stereocenters. The molecule has 0 aromatic heterocycles. The van der Waals surface area contributed by atoms with Crippen molar-refractivity contribution in [2.45, 2.75) is 45.1 Å². The SMILES string of the molecule is CC1CCN(C(=O)CN2CCC(OCCCN)CC2)CC1. The lowest BCUT2D eigenvalue weighted by Crippen LogP contribution is -2.46. The number of hydrogen-bond acceptors (Lipinski definition) is 4. The lowest BCUT2D eigenvalue weighted by atomic mass is 9.99. The fourth-order valence-electron chi connectivity index (χ4n) is 3.12. The molecule has 2 heterocycles. The van der Waals surface area contributed by atoms with E-state index in [1.54, 1.807) is 0 Å². The van der Waals surface area contributed by atoms with Crippen LogP contribution in [0.3, 0.4) is 0 Å². The molecule has 2 N–H and O–H groups in total. The zero-order chi connectivity index (χ0) is 15.1. The average molecular weight is 297 g/mol. The van der Waals surface area contributed by atoms with E-state index in [1.807, 2.05) is 4.90 Å². The molecule has 122 valence electrons. The van der Waals surface area contributed by atoms with Crippen molar-refractivity contribution in [3.8, 4) is 0 Å². The highest BCUT2D eigenvalue weighted by atomic mass is 16.5. The van der Waals surface area contributed by atoms with Crippen molar-refractivity contribution in [2.75, 3.05) is 45.9 Å². The second kappa shape index (κ2) is 8.71. The first kappa shape index (κ1) is 16.7. The van der Waals surface area contributed by atoms with Gasteiger partial charge in [0.05, 0.1) is 12.6 Å². The maximum Gasteiger partial charge on any atom is 0.236 e. The molecule has 1 amide bonds. The van der Waals surface area contributed by atoms with Crippen LogP contribution in [-0.4, -0.2) is 67.7 Å². The van der Waals surface area contributed by atoms with E-state index in [9.17, 15) is 4.79 Å².